The van der Waals surface area contributed by atoms with Crippen LogP contribution in [0.15, 0.2) is 47.8 Å². The van der Waals surface area contributed by atoms with E-state index in [1.807, 2.05) is 40.6 Å². The lowest BCUT2D eigenvalue weighted by atomic mass is 10.1. The summed E-state index contributed by atoms with van der Waals surface area (Å²) in [6, 6.07) is 13.9. The number of amides is 2. The van der Waals surface area contributed by atoms with Gasteiger partial charge in [0, 0.05) is 34.3 Å². The lowest BCUT2D eigenvalue weighted by Gasteiger charge is -2.29. The van der Waals surface area contributed by atoms with Gasteiger partial charge in [-0.05, 0) is 67.5 Å². The van der Waals surface area contributed by atoms with Crippen molar-refractivity contribution in [3.63, 3.8) is 0 Å². The summed E-state index contributed by atoms with van der Waals surface area (Å²) in [5.74, 6) is 1.24. The van der Waals surface area contributed by atoms with Crippen LogP contribution in [0.3, 0.4) is 0 Å². The van der Waals surface area contributed by atoms with Crippen molar-refractivity contribution in [2.75, 3.05) is 40.5 Å². The maximum absolute atomic E-state index is 13.7. The third kappa shape index (κ3) is 7.82. The summed E-state index contributed by atoms with van der Waals surface area (Å²) in [4.78, 5) is 33.9. The molecule has 0 radical (unpaired) electrons. The van der Waals surface area contributed by atoms with Crippen LogP contribution in [0.25, 0.3) is 0 Å². The van der Waals surface area contributed by atoms with Crippen molar-refractivity contribution >= 4 is 34.5 Å². The van der Waals surface area contributed by atoms with E-state index < -0.39 is 0 Å². The molecule has 1 aliphatic rings. The molecular weight excluding hydrogens is 520 g/mol. The summed E-state index contributed by atoms with van der Waals surface area (Å²) in [5, 5.41) is 1.97. The number of carbonyl (C=O) groups excluding carboxylic acids is 2. The average molecular weight is 557 g/mol. The molecule has 1 fully saturated rings. The molecule has 7 nitrogen and oxygen atoms in total. The number of thiophene rings is 2. The monoisotopic (exact) mass is 556 g/mol. The number of nitrogens with zero attached hydrogens (tertiary/aromatic N) is 2. The molecule has 3 aromatic rings. The highest BCUT2D eigenvalue weighted by Crippen LogP contribution is 2.28. The third-order valence-corrected chi connectivity index (χ3v) is 8.51. The van der Waals surface area contributed by atoms with Gasteiger partial charge in [0.05, 0.1) is 39.8 Å². The van der Waals surface area contributed by atoms with Crippen molar-refractivity contribution in [3.05, 3.63) is 68.0 Å². The Bertz CT molecular complexity index is 1190. The van der Waals surface area contributed by atoms with Gasteiger partial charge >= 0.3 is 0 Å². The summed E-state index contributed by atoms with van der Waals surface area (Å²) in [6.45, 7) is 4.30. The molecule has 38 heavy (non-hydrogen) atoms. The Labute approximate surface area is 232 Å². The van der Waals surface area contributed by atoms with Crippen LogP contribution in [0.4, 0.5) is 0 Å². The number of hydrogen-bond donors (Lipinski definition) is 0. The first kappa shape index (κ1) is 28.1. The van der Waals surface area contributed by atoms with Crippen LogP contribution < -0.4 is 9.47 Å². The van der Waals surface area contributed by atoms with E-state index in [-0.39, 0.29) is 24.5 Å². The molecule has 0 N–H and O–H groups in total. The molecule has 0 bridgehead atoms. The molecule has 1 saturated heterocycles. The Morgan fingerprint density at radius 3 is 2.53 bits per heavy atom. The zero-order chi connectivity index (χ0) is 26.9. The van der Waals surface area contributed by atoms with Gasteiger partial charge in [0.2, 0.25) is 11.8 Å². The molecule has 3 heterocycles. The van der Waals surface area contributed by atoms with Gasteiger partial charge in [-0.15, -0.1) is 22.7 Å². The minimum Gasteiger partial charge on any atom is -0.493 e. The minimum atomic E-state index is -0.0611. The number of hydrogen-bond acceptors (Lipinski definition) is 7. The van der Waals surface area contributed by atoms with Gasteiger partial charge < -0.3 is 24.0 Å². The standard InChI is InChI=1S/C29H36N2O5S2/c1-21-8-10-25(38-21)19-30(13-12-22-9-11-26(34-2)27(16-22)35-3)29(33)20-31(18-23-6-4-14-36-23)28(32)17-24-7-5-15-37-24/h5,7-11,15-16,23H,4,6,12-14,17-20H2,1-3H3. The first-order chi connectivity index (χ1) is 18.4. The highest BCUT2D eigenvalue weighted by molar-refractivity contribution is 7.11. The number of carbonyl (C=O) groups is 2. The van der Waals surface area contributed by atoms with Gasteiger partial charge in [0.25, 0.3) is 0 Å². The smallest absolute Gasteiger partial charge is 0.242 e. The van der Waals surface area contributed by atoms with Gasteiger partial charge in [-0.2, -0.15) is 0 Å². The Kier molecular flexibility index (Phi) is 10.2. The van der Waals surface area contributed by atoms with Crippen molar-refractivity contribution in [3.8, 4) is 11.5 Å². The van der Waals surface area contributed by atoms with E-state index >= 15 is 0 Å². The first-order valence-corrected chi connectivity index (χ1v) is 14.6. The van der Waals surface area contributed by atoms with Crippen LogP contribution >= 0.6 is 22.7 Å². The normalized spacial score (nSPS) is 14.9. The van der Waals surface area contributed by atoms with E-state index in [0.717, 1.165) is 28.2 Å². The fourth-order valence-electron chi connectivity index (χ4n) is 4.58. The number of methoxy groups -OCH3 is 2. The molecule has 0 saturated carbocycles. The average Bonchev–Trinajstić information content (AvgIpc) is 3.70. The van der Waals surface area contributed by atoms with Crippen molar-refractivity contribution in [1.29, 1.82) is 0 Å². The zero-order valence-electron chi connectivity index (χ0n) is 22.3. The Balaban J connectivity index is 1.49. The lowest BCUT2D eigenvalue weighted by molar-refractivity contribution is -0.141. The van der Waals surface area contributed by atoms with E-state index in [0.29, 0.717) is 50.6 Å². The quantitative estimate of drug-likeness (QED) is 0.298. The highest BCUT2D eigenvalue weighted by atomic mass is 32.1. The maximum atomic E-state index is 13.7. The zero-order valence-corrected chi connectivity index (χ0v) is 23.9. The predicted octanol–water partition coefficient (Wildman–Crippen LogP) is 4.96. The van der Waals surface area contributed by atoms with Crippen LogP contribution in [0.2, 0.25) is 0 Å². The molecule has 1 aromatic carbocycles. The van der Waals surface area contributed by atoms with E-state index in [1.165, 1.54) is 4.88 Å². The number of aryl methyl sites for hydroxylation is 1. The van der Waals surface area contributed by atoms with E-state index in [9.17, 15) is 9.59 Å². The molecule has 2 aromatic heterocycles. The van der Waals surface area contributed by atoms with E-state index in [4.69, 9.17) is 14.2 Å². The van der Waals surface area contributed by atoms with Crippen LogP contribution in [0, 0.1) is 6.92 Å². The van der Waals surface area contributed by atoms with Crippen molar-refractivity contribution < 1.29 is 23.8 Å². The number of ether oxygens (including phenoxy) is 3. The maximum Gasteiger partial charge on any atom is 0.242 e. The van der Waals surface area contributed by atoms with Crippen molar-refractivity contribution in [1.82, 2.24) is 9.80 Å². The Hall–Kier alpha value is -2.88. The molecule has 1 aliphatic heterocycles. The van der Waals surface area contributed by atoms with Crippen molar-refractivity contribution in [2.24, 2.45) is 0 Å². The predicted molar refractivity (Wildman–Crippen MR) is 151 cm³/mol. The third-order valence-electron chi connectivity index (χ3n) is 6.65. The van der Waals surface area contributed by atoms with Crippen LogP contribution in [0.5, 0.6) is 11.5 Å². The summed E-state index contributed by atoms with van der Waals surface area (Å²) >= 11 is 3.25. The topological polar surface area (TPSA) is 68.3 Å². The Morgan fingerprint density at radius 2 is 1.87 bits per heavy atom. The lowest BCUT2D eigenvalue weighted by Crippen LogP contribution is -2.46. The van der Waals surface area contributed by atoms with Crippen molar-refractivity contribution in [2.45, 2.75) is 45.3 Å². The van der Waals surface area contributed by atoms with Gasteiger partial charge in [-0.1, -0.05) is 12.1 Å². The molecular formula is C29H36N2O5S2. The minimum absolute atomic E-state index is 0.0183. The fourth-order valence-corrected chi connectivity index (χ4v) is 6.18. The largest absolute Gasteiger partial charge is 0.493 e. The number of rotatable bonds is 13. The van der Waals surface area contributed by atoms with Gasteiger partial charge in [0.15, 0.2) is 11.5 Å². The summed E-state index contributed by atoms with van der Waals surface area (Å²) in [5.41, 5.74) is 1.05. The van der Waals surface area contributed by atoms with Gasteiger partial charge in [0.1, 0.15) is 0 Å². The summed E-state index contributed by atoms with van der Waals surface area (Å²) < 4.78 is 16.6. The van der Waals surface area contributed by atoms with Gasteiger partial charge in [-0.25, -0.2) is 0 Å². The molecule has 1 unspecified atom stereocenters. The highest BCUT2D eigenvalue weighted by Gasteiger charge is 2.27. The Morgan fingerprint density at radius 1 is 1.03 bits per heavy atom. The molecule has 204 valence electrons. The molecule has 4 rings (SSSR count). The number of benzene rings is 1. The second-order valence-electron chi connectivity index (χ2n) is 9.43. The van der Waals surface area contributed by atoms with E-state index in [1.54, 1.807) is 41.8 Å². The molecule has 0 aliphatic carbocycles. The molecule has 2 amide bonds. The van der Waals surface area contributed by atoms with Crippen LogP contribution in [-0.4, -0.2) is 68.2 Å². The van der Waals surface area contributed by atoms with Crippen LogP contribution in [-0.2, 0) is 33.7 Å². The summed E-state index contributed by atoms with van der Waals surface area (Å²) in [7, 11) is 3.23. The first-order valence-electron chi connectivity index (χ1n) is 12.9. The second kappa shape index (κ2) is 13.8. The van der Waals surface area contributed by atoms with Crippen LogP contribution in [0.1, 0.15) is 33.0 Å². The SMILES string of the molecule is COc1ccc(CCN(Cc2ccc(C)s2)C(=O)CN(CC2CCCO2)C(=O)Cc2cccs2)cc1OC. The molecule has 1 atom stereocenters. The van der Waals surface area contributed by atoms with E-state index in [2.05, 4.69) is 19.1 Å². The molecule has 9 heteroatoms. The molecule has 0 spiro atoms. The summed E-state index contributed by atoms with van der Waals surface area (Å²) in [6.07, 6.45) is 2.84. The second-order valence-corrected chi connectivity index (χ2v) is 11.8. The van der Waals surface area contributed by atoms with Gasteiger partial charge in [-0.3, -0.25) is 9.59 Å². The fraction of sp³-hybridized carbons (Fsp3) is 0.448.